The van der Waals surface area contributed by atoms with E-state index in [9.17, 15) is 4.79 Å². The van der Waals surface area contributed by atoms with Crippen LogP contribution < -0.4 is 0 Å². The molecule has 0 radical (unpaired) electrons. The Kier molecular flexibility index (Phi) is 5.21. The third kappa shape index (κ3) is 4.06. The number of imidazole rings is 2. The van der Waals surface area contributed by atoms with Gasteiger partial charge in [0.15, 0.2) is 0 Å². The highest BCUT2D eigenvalue weighted by molar-refractivity contribution is 5.78. The zero-order valence-electron chi connectivity index (χ0n) is 17.4. The number of carbonyl (C=O) groups excluding carboxylic acids is 1. The fourth-order valence-electron chi connectivity index (χ4n) is 4.10. The molecule has 8 nitrogen and oxygen atoms in total. The molecule has 5 rings (SSSR count). The molecule has 1 aromatic carbocycles. The molecule has 3 aromatic heterocycles. The van der Waals surface area contributed by atoms with Crippen LogP contribution in [-0.2, 0) is 16.1 Å². The summed E-state index contributed by atoms with van der Waals surface area (Å²) in [6.07, 6.45) is 7.15. The van der Waals surface area contributed by atoms with E-state index in [0.717, 1.165) is 41.2 Å². The van der Waals surface area contributed by atoms with Crippen LogP contribution in [0.4, 0.5) is 0 Å². The van der Waals surface area contributed by atoms with Crippen LogP contribution in [0.5, 0.6) is 0 Å². The van der Waals surface area contributed by atoms with E-state index in [0.29, 0.717) is 6.54 Å². The molecule has 1 fully saturated rings. The van der Waals surface area contributed by atoms with Crippen molar-refractivity contribution in [3.8, 4) is 5.82 Å². The van der Waals surface area contributed by atoms with Crippen LogP contribution in [-0.4, -0.2) is 48.5 Å². The lowest BCUT2D eigenvalue weighted by Crippen LogP contribution is -2.34. The van der Waals surface area contributed by atoms with Gasteiger partial charge in [0.25, 0.3) is 0 Å². The molecule has 0 spiro atoms. The highest BCUT2D eigenvalue weighted by Gasteiger charge is 2.31. The van der Waals surface area contributed by atoms with Gasteiger partial charge in [-0.05, 0) is 49.6 Å². The summed E-state index contributed by atoms with van der Waals surface area (Å²) in [5.41, 5.74) is 3.95. The highest BCUT2D eigenvalue weighted by atomic mass is 16.5. The first-order valence-corrected chi connectivity index (χ1v) is 10.4. The number of fused-ring (bicyclic) bond motifs is 1. The van der Waals surface area contributed by atoms with Gasteiger partial charge in [-0.2, -0.15) is 0 Å². The van der Waals surface area contributed by atoms with Crippen molar-refractivity contribution in [3.05, 3.63) is 72.2 Å². The highest BCUT2D eigenvalue weighted by Crippen LogP contribution is 2.31. The van der Waals surface area contributed by atoms with E-state index < -0.39 is 0 Å². The molecule has 31 heavy (non-hydrogen) atoms. The number of pyridine rings is 1. The number of hydrogen-bond donors (Lipinski definition) is 1. The number of likely N-dealkylation sites (tertiary alicyclic amines) is 1. The Morgan fingerprint density at radius 3 is 3.06 bits per heavy atom. The summed E-state index contributed by atoms with van der Waals surface area (Å²) in [6.45, 7) is 3.05. The van der Waals surface area contributed by atoms with Crippen LogP contribution in [0.2, 0.25) is 0 Å². The van der Waals surface area contributed by atoms with E-state index in [2.05, 4.69) is 21.0 Å². The SMILES string of the molecule is Cc1ccc2nc(COCC(=O)N3CCC[C@@H]3c3cccc(-n4ccnc4)n3)[nH]c2c1. The normalized spacial score (nSPS) is 16.3. The molecule has 1 saturated heterocycles. The topological polar surface area (TPSA) is 88.9 Å². The number of aromatic amines is 1. The Balaban J connectivity index is 1.23. The van der Waals surface area contributed by atoms with Crippen molar-refractivity contribution >= 4 is 16.9 Å². The van der Waals surface area contributed by atoms with E-state index in [1.165, 1.54) is 5.56 Å². The fourth-order valence-corrected chi connectivity index (χ4v) is 4.10. The number of nitrogens with one attached hydrogen (secondary N) is 1. The molecule has 4 heterocycles. The van der Waals surface area contributed by atoms with Gasteiger partial charge in [0.2, 0.25) is 5.91 Å². The van der Waals surface area contributed by atoms with Crippen LogP contribution in [0, 0.1) is 6.92 Å². The second-order valence-corrected chi connectivity index (χ2v) is 7.83. The molecule has 4 aromatic rings. The smallest absolute Gasteiger partial charge is 0.249 e. The number of ether oxygens (including phenoxy) is 1. The van der Waals surface area contributed by atoms with Gasteiger partial charge in [0.1, 0.15) is 31.2 Å². The van der Waals surface area contributed by atoms with E-state index >= 15 is 0 Å². The van der Waals surface area contributed by atoms with Gasteiger partial charge in [-0.3, -0.25) is 9.36 Å². The van der Waals surface area contributed by atoms with Crippen molar-refractivity contribution in [2.75, 3.05) is 13.2 Å². The molecule has 1 atom stereocenters. The molecule has 0 unspecified atom stereocenters. The number of amides is 1. The number of benzene rings is 1. The fraction of sp³-hybridized carbons (Fsp3) is 0.304. The average Bonchev–Trinajstić information content (AvgIpc) is 3.53. The quantitative estimate of drug-likeness (QED) is 0.521. The third-order valence-electron chi connectivity index (χ3n) is 5.59. The molecular weight excluding hydrogens is 392 g/mol. The first-order chi connectivity index (χ1) is 15.2. The van der Waals surface area contributed by atoms with E-state index in [-0.39, 0.29) is 25.2 Å². The summed E-state index contributed by atoms with van der Waals surface area (Å²) in [7, 11) is 0. The lowest BCUT2D eigenvalue weighted by molar-refractivity contribution is -0.137. The first kappa shape index (κ1) is 19.4. The molecule has 0 bridgehead atoms. The van der Waals surface area contributed by atoms with Crippen LogP contribution in [0.15, 0.2) is 55.1 Å². The van der Waals surface area contributed by atoms with Gasteiger partial charge in [-0.15, -0.1) is 0 Å². The van der Waals surface area contributed by atoms with Crippen molar-refractivity contribution in [2.45, 2.75) is 32.4 Å². The maximum absolute atomic E-state index is 12.9. The summed E-state index contributed by atoms with van der Waals surface area (Å²) in [6, 6.07) is 11.9. The first-order valence-electron chi connectivity index (χ1n) is 10.4. The lowest BCUT2D eigenvalue weighted by Gasteiger charge is -2.24. The number of H-pyrrole nitrogens is 1. The molecule has 1 amide bonds. The summed E-state index contributed by atoms with van der Waals surface area (Å²) >= 11 is 0. The standard InChI is InChI=1S/C23H24N6O2/c1-16-7-8-17-19(12-16)26-21(25-17)13-31-14-23(30)29-10-3-5-20(29)18-4-2-6-22(27-18)28-11-9-24-15-28/h2,4,6-9,11-12,15,20H,3,5,10,13-14H2,1H3,(H,25,26)/t20-/m1/s1. The number of aryl methyl sites for hydroxylation is 1. The number of hydrogen-bond acceptors (Lipinski definition) is 5. The maximum Gasteiger partial charge on any atom is 0.249 e. The minimum absolute atomic E-state index is 0.0216. The van der Waals surface area contributed by atoms with Gasteiger partial charge >= 0.3 is 0 Å². The molecule has 1 aliphatic heterocycles. The number of nitrogens with zero attached hydrogens (tertiary/aromatic N) is 5. The molecule has 0 saturated carbocycles. The van der Waals surface area contributed by atoms with Crippen molar-refractivity contribution in [1.29, 1.82) is 0 Å². The van der Waals surface area contributed by atoms with E-state index in [4.69, 9.17) is 9.72 Å². The largest absolute Gasteiger partial charge is 0.364 e. The molecule has 8 heteroatoms. The van der Waals surface area contributed by atoms with Gasteiger partial charge in [-0.25, -0.2) is 15.0 Å². The zero-order valence-corrected chi connectivity index (χ0v) is 17.4. The van der Waals surface area contributed by atoms with Crippen LogP contribution in [0.25, 0.3) is 16.9 Å². The van der Waals surface area contributed by atoms with Crippen molar-refractivity contribution in [3.63, 3.8) is 0 Å². The predicted octanol–water partition coefficient (Wildman–Crippen LogP) is 3.33. The van der Waals surface area contributed by atoms with Crippen molar-refractivity contribution in [2.24, 2.45) is 0 Å². The minimum Gasteiger partial charge on any atom is -0.364 e. The summed E-state index contributed by atoms with van der Waals surface area (Å²) < 4.78 is 7.57. The predicted molar refractivity (Wildman–Crippen MR) is 116 cm³/mol. The molecule has 0 aliphatic carbocycles. The third-order valence-corrected chi connectivity index (χ3v) is 5.59. The monoisotopic (exact) mass is 416 g/mol. The Bertz CT molecular complexity index is 1200. The van der Waals surface area contributed by atoms with Crippen molar-refractivity contribution < 1.29 is 9.53 Å². The molecule has 1 aliphatic rings. The van der Waals surface area contributed by atoms with Gasteiger partial charge in [-0.1, -0.05) is 12.1 Å². The average molecular weight is 416 g/mol. The van der Waals surface area contributed by atoms with Crippen molar-refractivity contribution in [1.82, 2.24) is 29.4 Å². The van der Waals surface area contributed by atoms with Gasteiger partial charge in [0, 0.05) is 18.9 Å². The minimum atomic E-state index is -0.0336. The van der Waals surface area contributed by atoms with Gasteiger partial charge < -0.3 is 14.6 Å². The van der Waals surface area contributed by atoms with Crippen LogP contribution in [0.1, 0.15) is 36.0 Å². The Labute approximate surface area is 179 Å². The summed E-state index contributed by atoms with van der Waals surface area (Å²) in [4.78, 5) is 31.4. The summed E-state index contributed by atoms with van der Waals surface area (Å²) in [5.74, 6) is 1.50. The Morgan fingerprint density at radius 2 is 2.19 bits per heavy atom. The second kappa shape index (κ2) is 8.31. The molecular formula is C23H24N6O2. The van der Waals surface area contributed by atoms with E-state index in [1.54, 1.807) is 12.5 Å². The second-order valence-electron chi connectivity index (χ2n) is 7.83. The lowest BCUT2D eigenvalue weighted by atomic mass is 10.1. The zero-order chi connectivity index (χ0) is 21.2. The van der Waals surface area contributed by atoms with Crippen LogP contribution >= 0.6 is 0 Å². The number of carbonyl (C=O) groups is 1. The molecule has 158 valence electrons. The van der Waals surface area contributed by atoms with E-state index in [1.807, 2.05) is 52.9 Å². The number of aromatic nitrogens is 5. The molecule has 1 N–H and O–H groups in total. The van der Waals surface area contributed by atoms with Gasteiger partial charge in [0.05, 0.1) is 22.8 Å². The number of rotatable bonds is 6. The Morgan fingerprint density at radius 1 is 1.26 bits per heavy atom. The van der Waals surface area contributed by atoms with Crippen LogP contribution in [0.3, 0.4) is 0 Å². The maximum atomic E-state index is 12.9. The summed E-state index contributed by atoms with van der Waals surface area (Å²) in [5, 5.41) is 0. The Hall–Kier alpha value is -3.52.